The molecule has 21 heavy (non-hydrogen) atoms. The number of nitrogens with one attached hydrogen (secondary N) is 1. The molecule has 0 fully saturated rings. The number of nitrogen functional groups attached to an aromatic ring is 1. The molecule has 1 aromatic carbocycles. The first kappa shape index (κ1) is 13.6. The maximum absolute atomic E-state index is 5.45. The summed E-state index contributed by atoms with van der Waals surface area (Å²) < 4.78 is 0. The van der Waals surface area contributed by atoms with E-state index in [0.29, 0.717) is 12.4 Å². The van der Waals surface area contributed by atoms with Crippen LogP contribution < -0.4 is 21.1 Å². The van der Waals surface area contributed by atoms with E-state index in [-0.39, 0.29) is 0 Å². The summed E-state index contributed by atoms with van der Waals surface area (Å²) in [5.74, 6) is 6.89. The molecule has 0 saturated carbocycles. The summed E-state index contributed by atoms with van der Waals surface area (Å²) in [6.45, 7) is 4.58. The van der Waals surface area contributed by atoms with Crippen molar-refractivity contribution in [2.75, 3.05) is 35.4 Å². The third-order valence-electron chi connectivity index (χ3n) is 3.72. The van der Waals surface area contributed by atoms with Gasteiger partial charge in [0.1, 0.15) is 11.6 Å². The van der Waals surface area contributed by atoms with Crippen molar-refractivity contribution >= 4 is 17.2 Å². The van der Waals surface area contributed by atoms with E-state index in [2.05, 4.69) is 56.5 Å². The summed E-state index contributed by atoms with van der Waals surface area (Å²) in [6, 6.07) is 10.3. The lowest BCUT2D eigenvalue weighted by molar-refractivity contribution is 0.709. The molecule has 0 unspecified atom stereocenters. The van der Waals surface area contributed by atoms with E-state index >= 15 is 0 Å². The molecule has 0 atom stereocenters. The number of anilines is 3. The Labute approximate surface area is 124 Å². The fraction of sp³-hybridized carbons (Fsp3) is 0.333. The first-order chi connectivity index (χ1) is 10.2. The second-order valence-electron chi connectivity index (χ2n) is 5.29. The lowest BCUT2D eigenvalue weighted by Gasteiger charge is -2.36. The molecule has 1 aliphatic rings. The number of hydrogen-bond donors (Lipinski definition) is 2. The Morgan fingerprint density at radius 2 is 1.95 bits per heavy atom. The number of likely N-dealkylation sites (N-methyl/N-ethyl adjacent to an activating group) is 1. The van der Waals surface area contributed by atoms with E-state index in [9.17, 15) is 0 Å². The van der Waals surface area contributed by atoms with Gasteiger partial charge in [-0.2, -0.15) is 0 Å². The van der Waals surface area contributed by atoms with Crippen LogP contribution in [0.15, 0.2) is 30.3 Å². The van der Waals surface area contributed by atoms with E-state index in [0.717, 1.165) is 24.6 Å². The van der Waals surface area contributed by atoms with Crippen LogP contribution in [0, 0.1) is 6.92 Å². The zero-order valence-corrected chi connectivity index (χ0v) is 12.4. The Bertz CT molecular complexity index is 642. The molecule has 2 heterocycles. The molecular formula is C15H20N6. The fourth-order valence-corrected chi connectivity index (χ4v) is 2.68. The highest BCUT2D eigenvalue weighted by atomic mass is 15.3. The summed E-state index contributed by atoms with van der Waals surface area (Å²) in [5.41, 5.74) is 5.97. The second-order valence-corrected chi connectivity index (χ2v) is 5.29. The monoisotopic (exact) mass is 284 g/mol. The summed E-state index contributed by atoms with van der Waals surface area (Å²) >= 11 is 0. The first-order valence-electron chi connectivity index (χ1n) is 7.03. The van der Waals surface area contributed by atoms with Crippen LogP contribution >= 0.6 is 0 Å². The number of hydrazine groups is 1. The van der Waals surface area contributed by atoms with Crippen molar-refractivity contribution in [1.29, 1.82) is 0 Å². The SMILES string of the molecule is Cc1cc(NN)nc(CN2CCN(C)c3ccccc32)n1. The highest BCUT2D eigenvalue weighted by Crippen LogP contribution is 2.32. The minimum absolute atomic E-state index is 0.653. The molecule has 0 amide bonds. The predicted octanol–water partition coefficient (Wildman–Crippen LogP) is 1.53. The quantitative estimate of drug-likeness (QED) is 0.658. The lowest BCUT2D eigenvalue weighted by Crippen LogP contribution is -2.39. The number of nitrogens with two attached hydrogens (primary N) is 1. The third kappa shape index (κ3) is 2.75. The van der Waals surface area contributed by atoms with Crippen LogP contribution in [0.2, 0.25) is 0 Å². The third-order valence-corrected chi connectivity index (χ3v) is 3.72. The highest BCUT2D eigenvalue weighted by molar-refractivity contribution is 5.73. The maximum Gasteiger partial charge on any atom is 0.150 e. The highest BCUT2D eigenvalue weighted by Gasteiger charge is 2.20. The topological polar surface area (TPSA) is 70.3 Å². The van der Waals surface area contributed by atoms with Gasteiger partial charge >= 0.3 is 0 Å². The normalized spacial score (nSPS) is 14.0. The van der Waals surface area contributed by atoms with Crippen molar-refractivity contribution in [3.63, 3.8) is 0 Å². The Morgan fingerprint density at radius 1 is 1.19 bits per heavy atom. The molecule has 0 saturated heterocycles. The van der Waals surface area contributed by atoms with Crippen molar-refractivity contribution in [1.82, 2.24) is 9.97 Å². The summed E-state index contributed by atoms with van der Waals surface area (Å²) in [4.78, 5) is 13.5. The van der Waals surface area contributed by atoms with Crippen LogP contribution in [0.25, 0.3) is 0 Å². The number of nitrogens with zero attached hydrogens (tertiary/aromatic N) is 4. The number of rotatable bonds is 3. The van der Waals surface area contributed by atoms with Gasteiger partial charge in [-0.15, -0.1) is 0 Å². The lowest BCUT2D eigenvalue weighted by atomic mass is 10.1. The zero-order chi connectivity index (χ0) is 14.8. The molecule has 3 rings (SSSR count). The first-order valence-corrected chi connectivity index (χ1v) is 7.03. The van der Waals surface area contributed by atoms with Gasteiger partial charge < -0.3 is 15.2 Å². The van der Waals surface area contributed by atoms with Crippen LogP contribution in [0.5, 0.6) is 0 Å². The summed E-state index contributed by atoms with van der Waals surface area (Å²) in [6.07, 6.45) is 0. The number of aryl methyl sites for hydroxylation is 1. The second kappa shape index (κ2) is 5.57. The van der Waals surface area contributed by atoms with Crippen molar-refractivity contribution in [3.05, 3.63) is 41.9 Å². The summed E-state index contributed by atoms with van der Waals surface area (Å²) in [7, 11) is 2.12. The minimum atomic E-state index is 0.653. The molecule has 0 radical (unpaired) electrons. The molecule has 1 aliphatic heterocycles. The fourth-order valence-electron chi connectivity index (χ4n) is 2.68. The van der Waals surface area contributed by atoms with Crippen LogP contribution in [-0.4, -0.2) is 30.1 Å². The molecule has 1 aromatic heterocycles. The average Bonchev–Trinajstić information content (AvgIpc) is 2.50. The Kier molecular flexibility index (Phi) is 3.62. The Morgan fingerprint density at radius 3 is 2.71 bits per heavy atom. The van der Waals surface area contributed by atoms with Gasteiger partial charge in [-0.05, 0) is 19.1 Å². The van der Waals surface area contributed by atoms with Crippen molar-refractivity contribution < 1.29 is 0 Å². The van der Waals surface area contributed by atoms with Crippen LogP contribution in [0.4, 0.5) is 17.2 Å². The largest absolute Gasteiger partial charge is 0.371 e. The molecule has 110 valence electrons. The van der Waals surface area contributed by atoms with Gasteiger partial charge in [0.15, 0.2) is 0 Å². The number of para-hydroxylation sites is 2. The molecular weight excluding hydrogens is 264 g/mol. The van der Waals surface area contributed by atoms with Crippen molar-refractivity contribution in [2.24, 2.45) is 5.84 Å². The van der Waals surface area contributed by atoms with E-state index in [1.165, 1.54) is 11.4 Å². The average molecular weight is 284 g/mol. The van der Waals surface area contributed by atoms with Gasteiger partial charge in [0, 0.05) is 31.9 Å². The zero-order valence-electron chi connectivity index (χ0n) is 12.4. The molecule has 2 aromatic rings. The predicted molar refractivity (Wildman–Crippen MR) is 85.3 cm³/mol. The van der Waals surface area contributed by atoms with Crippen LogP contribution in [0.3, 0.4) is 0 Å². The van der Waals surface area contributed by atoms with E-state index in [4.69, 9.17) is 5.84 Å². The van der Waals surface area contributed by atoms with Crippen molar-refractivity contribution in [2.45, 2.75) is 13.5 Å². The van der Waals surface area contributed by atoms with Gasteiger partial charge in [-0.1, -0.05) is 12.1 Å². The Balaban J connectivity index is 1.89. The number of benzene rings is 1. The summed E-state index contributed by atoms with van der Waals surface area (Å²) in [5, 5.41) is 0. The number of aromatic nitrogens is 2. The van der Waals surface area contributed by atoms with Gasteiger partial charge in [0.25, 0.3) is 0 Å². The van der Waals surface area contributed by atoms with Crippen molar-refractivity contribution in [3.8, 4) is 0 Å². The van der Waals surface area contributed by atoms with Gasteiger partial charge in [0.05, 0.1) is 17.9 Å². The van der Waals surface area contributed by atoms with Gasteiger partial charge in [0.2, 0.25) is 0 Å². The van der Waals surface area contributed by atoms with E-state index < -0.39 is 0 Å². The maximum atomic E-state index is 5.45. The number of fused-ring (bicyclic) bond motifs is 1. The van der Waals surface area contributed by atoms with E-state index in [1.807, 2.05) is 13.0 Å². The van der Waals surface area contributed by atoms with Gasteiger partial charge in [-0.3, -0.25) is 0 Å². The number of hydrogen-bond acceptors (Lipinski definition) is 6. The minimum Gasteiger partial charge on any atom is -0.371 e. The molecule has 3 N–H and O–H groups in total. The van der Waals surface area contributed by atoms with Crippen LogP contribution in [-0.2, 0) is 6.54 Å². The molecule has 0 bridgehead atoms. The molecule has 0 spiro atoms. The van der Waals surface area contributed by atoms with Crippen LogP contribution in [0.1, 0.15) is 11.5 Å². The molecule has 6 heteroatoms. The molecule has 6 nitrogen and oxygen atoms in total. The smallest absolute Gasteiger partial charge is 0.150 e. The standard InChI is InChI=1S/C15H20N6/c1-11-9-14(19-16)18-15(17-11)10-21-8-7-20(2)12-5-3-4-6-13(12)21/h3-6,9H,7-8,10,16H2,1-2H3,(H,17,18,19). The van der Waals surface area contributed by atoms with Gasteiger partial charge in [-0.25, -0.2) is 15.8 Å². The molecule has 0 aliphatic carbocycles. The Hall–Kier alpha value is -2.34. The van der Waals surface area contributed by atoms with E-state index in [1.54, 1.807) is 0 Å².